The van der Waals surface area contributed by atoms with Gasteiger partial charge >= 0.3 is 5.69 Å². The summed E-state index contributed by atoms with van der Waals surface area (Å²) >= 11 is 0. The maximum atomic E-state index is 12.0. The molecular formula is C12H17ClN6O3. The third-order valence-corrected chi connectivity index (χ3v) is 3.66. The third kappa shape index (κ3) is 2.82. The Bertz CT molecular complexity index is 767. The number of H-pyrrole nitrogens is 1. The van der Waals surface area contributed by atoms with E-state index in [1.807, 2.05) is 7.05 Å². The number of nitrogens with zero attached hydrogens (tertiary/aromatic N) is 4. The molecule has 2 aromatic heterocycles. The molecule has 2 N–H and O–H groups in total. The summed E-state index contributed by atoms with van der Waals surface area (Å²) < 4.78 is 6.14. The molecule has 22 heavy (non-hydrogen) atoms. The van der Waals surface area contributed by atoms with Crippen LogP contribution in [0.5, 0.6) is 0 Å². The number of likely N-dealkylation sites (N-methyl/N-ethyl adjacent to an activating group) is 1. The first kappa shape index (κ1) is 16.4. The fourth-order valence-electron chi connectivity index (χ4n) is 2.29. The van der Waals surface area contributed by atoms with Crippen molar-refractivity contribution >= 4 is 12.4 Å². The first-order valence-corrected chi connectivity index (χ1v) is 6.61. The maximum absolute atomic E-state index is 12.0. The lowest BCUT2D eigenvalue weighted by Crippen LogP contribution is -2.44. The van der Waals surface area contributed by atoms with Gasteiger partial charge in [0.1, 0.15) is 5.56 Å². The summed E-state index contributed by atoms with van der Waals surface area (Å²) in [5.74, 6) is 0.633. The predicted molar refractivity (Wildman–Crippen MR) is 81.1 cm³/mol. The van der Waals surface area contributed by atoms with Crippen molar-refractivity contribution < 1.29 is 4.52 Å². The van der Waals surface area contributed by atoms with Gasteiger partial charge < -0.3 is 14.8 Å². The molecule has 0 bridgehead atoms. The molecule has 0 aliphatic carbocycles. The monoisotopic (exact) mass is 328 g/mol. The summed E-state index contributed by atoms with van der Waals surface area (Å²) in [4.78, 5) is 32.3. The molecule has 1 unspecified atom stereocenters. The zero-order valence-electron chi connectivity index (χ0n) is 12.2. The van der Waals surface area contributed by atoms with Crippen molar-refractivity contribution in [1.82, 2.24) is 29.9 Å². The van der Waals surface area contributed by atoms with Gasteiger partial charge in [0.05, 0.1) is 6.04 Å². The molecule has 0 aromatic carbocycles. The molecular weight excluding hydrogens is 312 g/mol. The molecule has 0 radical (unpaired) electrons. The van der Waals surface area contributed by atoms with Crippen LogP contribution < -0.4 is 16.6 Å². The van der Waals surface area contributed by atoms with Crippen molar-refractivity contribution in [2.75, 3.05) is 26.7 Å². The van der Waals surface area contributed by atoms with Gasteiger partial charge in [-0.05, 0) is 7.05 Å². The van der Waals surface area contributed by atoms with Gasteiger partial charge in [-0.25, -0.2) is 4.79 Å². The largest absolute Gasteiger partial charge is 0.334 e. The zero-order valence-corrected chi connectivity index (χ0v) is 13.0. The summed E-state index contributed by atoms with van der Waals surface area (Å²) in [6, 6.07) is 0.00265. The normalized spacial score (nSPS) is 18.9. The second-order valence-electron chi connectivity index (χ2n) is 5.03. The van der Waals surface area contributed by atoms with Crippen molar-refractivity contribution in [2.24, 2.45) is 7.05 Å². The minimum absolute atomic E-state index is 0. The number of hydrogen-bond acceptors (Lipinski definition) is 7. The second kappa shape index (κ2) is 6.42. The van der Waals surface area contributed by atoms with Gasteiger partial charge in [-0.1, -0.05) is 5.16 Å². The van der Waals surface area contributed by atoms with Gasteiger partial charge in [0.15, 0.2) is 5.82 Å². The van der Waals surface area contributed by atoms with Crippen LogP contribution in [0, 0.1) is 0 Å². The molecule has 0 saturated carbocycles. The summed E-state index contributed by atoms with van der Waals surface area (Å²) in [6.45, 7) is 2.52. The fraction of sp³-hybridized carbons (Fsp3) is 0.500. The molecule has 1 fully saturated rings. The lowest BCUT2D eigenvalue weighted by atomic mass is 10.2. The number of nitrogens with one attached hydrogen (secondary N) is 2. The topological polar surface area (TPSA) is 109 Å². The summed E-state index contributed by atoms with van der Waals surface area (Å²) in [6.07, 6.45) is 1.30. The number of aromatic nitrogens is 4. The van der Waals surface area contributed by atoms with Crippen LogP contribution in [-0.4, -0.2) is 51.3 Å². The van der Waals surface area contributed by atoms with Crippen molar-refractivity contribution in [3.63, 3.8) is 0 Å². The summed E-state index contributed by atoms with van der Waals surface area (Å²) in [5.41, 5.74) is -0.772. The first-order valence-electron chi connectivity index (χ1n) is 6.61. The van der Waals surface area contributed by atoms with Gasteiger partial charge in [0.25, 0.3) is 11.4 Å². The first-order chi connectivity index (χ1) is 10.1. The average Bonchev–Trinajstić information content (AvgIpc) is 2.95. The molecule has 120 valence electrons. The number of hydrogen-bond donors (Lipinski definition) is 2. The zero-order chi connectivity index (χ0) is 15.0. The van der Waals surface area contributed by atoms with E-state index in [0.717, 1.165) is 24.2 Å². The lowest BCUT2D eigenvalue weighted by Gasteiger charge is -2.30. The van der Waals surface area contributed by atoms with Gasteiger partial charge in [-0.2, -0.15) is 4.98 Å². The van der Waals surface area contributed by atoms with Crippen LogP contribution in [0.25, 0.3) is 11.5 Å². The molecule has 0 spiro atoms. The summed E-state index contributed by atoms with van der Waals surface area (Å²) in [7, 11) is 3.38. The quantitative estimate of drug-likeness (QED) is 0.737. The number of halogens is 1. The number of rotatable bonds is 2. The Balaban J connectivity index is 0.00000176. The lowest BCUT2D eigenvalue weighted by molar-refractivity contribution is 0.190. The predicted octanol–water partition coefficient (Wildman–Crippen LogP) is -0.879. The highest BCUT2D eigenvalue weighted by atomic mass is 35.5. The molecule has 1 saturated heterocycles. The van der Waals surface area contributed by atoms with E-state index in [9.17, 15) is 9.59 Å². The minimum atomic E-state index is -0.486. The number of aromatic amines is 1. The van der Waals surface area contributed by atoms with E-state index in [2.05, 4.69) is 25.3 Å². The van der Waals surface area contributed by atoms with Crippen molar-refractivity contribution in [3.8, 4) is 11.5 Å². The van der Waals surface area contributed by atoms with Crippen LogP contribution in [0.2, 0.25) is 0 Å². The molecule has 1 atom stereocenters. The van der Waals surface area contributed by atoms with E-state index in [0.29, 0.717) is 5.82 Å². The van der Waals surface area contributed by atoms with Crippen molar-refractivity contribution in [3.05, 3.63) is 32.9 Å². The molecule has 1 aliphatic heterocycles. The fourth-order valence-corrected chi connectivity index (χ4v) is 2.29. The van der Waals surface area contributed by atoms with Gasteiger partial charge in [0, 0.05) is 32.9 Å². The van der Waals surface area contributed by atoms with Gasteiger partial charge in [-0.15, -0.1) is 12.4 Å². The van der Waals surface area contributed by atoms with Crippen LogP contribution >= 0.6 is 12.4 Å². The Kier molecular flexibility index (Phi) is 4.79. The van der Waals surface area contributed by atoms with E-state index in [4.69, 9.17) is 4.52 Å². The van der Waals surface area contributed by atoms with E-state index in [1.165, 1.54) is 13.2 Å². The molecule has 3 rings (SSSR count). The Morgan fingerprint density at radius 2 is 2.14 bits per heavy atom. The molecule has 1 aliphatic rings. The Morgan fingerprint density at radius 3 is 2.86 bits per heavy atom. The number of piperazine rings is 1. The second-order valence-corrected chi connectivity index (χ2v) is 5.03. The average molecular weight is 329 g/mol. The minimum Gasteiger partial charge on any atom is -0.334 e. The smallest absolute Gasteiger partial charge is 0.328 e. The highest BCUT2D eigenvalue weighted by Crippen LogP contribution is 2.20. The standard InChI is InChI=1S/C12H16N6O3.ClH/c1-17-4-3-13-6-8(17)9-15-10(21-16-9)7-5-14-12(20)18(2)11(7)19;/h5,8,13H,3-4,6H2,1-2H3,(H,14,20);1H. The maximum Gasteiger partial charge on any atom is 0.328 e. The Hall–Kier alpha value is -1.97. The third-order valence-electron chi connectivity index (χ3n) is 3.66. The van der Waals surface area contributed by atoms with Gasteiger partial charge in [-0.3, -0.25) is 14.3 Å². The van der Waals surface area contributed by atoms with E-state index in [1.54, 1.807) is 0 Å². The molecule has 2 aromatic rings. The Morgan fingerprint density at radius 1 is 1.36 bits per heavy atom. The molecule has 0 amide bonds. The van der Waals surface area contributed by atoms with Gasteiger partial charge in [0.2, 0.25) is 0 Å². The van der Waals surface area contributed by atoms with Crippen LogP contribution in [-0.2, 0) is 7.05 Å². The molecule has 10 heteroatoms. The van der Waals surface area contributed by atoms with Crippen molar-refractivity contribution in [1.29, 1.82) is 0 Å². The highest BCUT2D eigenvalue weighted by molar-refractivity contribution is 5.85. The van der Waals surface area contributed by atoms with E-state index in [-0.39, 0.29) is 29.9 Å². The molecule has 3 heterocycles. The van der Waals surface area contributed by atoms with Crippen LogP contribution in [0.4, 0.5) is 0 Å². The SMILES string of the molecule is CN1CCNCC1c1noc(-c2c[nH]c(=O)n(C)c2=O)n1.Cl. The van der Waals surface area contributed by atoms with E-state index >= 15 is 0 Å². The van der Waals surface area contributed by atoms with Crippen LogP contribution in [0.3, 0.4) is 0 Å². The summed E-state index contributed by atoms with van der Waals surface area (Å²) in [5, 5.41) is 7.22. The van der Waals surface area contributed by atoms with Crippen molar-refractivity contribution in [2.45, 2.75) is 6.04 Å². The highest BCUT2D eigenvalue weighted by Gasteiger charge is 2.26. The van der Waals surface area contributed by atoms with Crippen LogP contribution in [0.15, 0.2) is 20.3 Å². The van der Waals surface area contributed by atoms with E-state index < -0.39 is 11.2 Å². The van der Waals surface area contributed by atoms with Crippen LogP contribution in [0.1, 0.15) is 11.9 Å². The Labute approximate surface area is 131 Å². The molecule has 9 nitrogen and oxygen atoms in total.